The minimum absolute atomic E-state index is 0.0639. The molecule has 5 rings (SSSR count). The monoisotopic (exact) mass is 603 g/mol. The van der Waals surface area contributed by atoms with Crippen LogP contribution in [-0.2, 0) is 19.4 Å². The van der Waals surface area contributed by atoms with Gasteiger partial charge >= 0.3 is 0 Å². The number of sulfone groups is 1. The number of Topliss-reactive ketones (excluding diaryl/α,β-unsaturated/α-hetero) is 2. The van der Waals surface area contributed by atoms with Gasteiger partial charge in [0.1, 0.15) is 10.1 Å². The van der Waals surface area contributed by atoms with Gasteiger partial charge in [0.25, 0.3) is 11.6 Å². The van der Waals surface area contributed by atoms with Gasteiger partial charge in [-0.05, 0) is 36.1 Å². The van der Waals surface area contributed by atoms with E-state index in [1.165, 1.54) is 0 Å². The van der Waals surface area contributed by atoms with Gasteiger partial charge < -0.3 is 0 Å². The first kappa shape index (κ1) is 29.0. The van der Waals surface area contributed by atoms with Crippen molar-refractivity contribution in [2.45, 2.75) is 41.8 Å². The molecule has 4 aromatic rings. The number of aryl methyl sites for hydroxylation is 1. The zero-order valence-corrected chi connectivity index (χ0v) is 24.4. The molecule has 0 spiro atoms. The molecule has 0 N–H and O–H groups in total. The molecule has 1 aliphatic heterocycles. The van der Waals surface area contributed by atoms with Crippen molar-refractivity contribution in [3.63, 3.8) is 0 Å². The first-order chi connectivity index (χ1) is 19.9. The highest BCUT2D eigenvalue weighted by molar-refractivity contribution is 7.93. The maximum Gasteiger partial charge on any atom is 0.297 e. The number of aromatic nitrogens is 1. The van der Waals surface area contributed by atoms with Crippen molar-refractivity contribution < 1.29 is 27.7 Å². The first-order valence-corrected chi connectivity index (χ1v) is 15.2. The number of nitrogens with zero attached hydrogens (tertiary/aromatic N) is 3. The summed E-state index contributed by atoms with van der Waals surface area (Å²) in [6, 6.07) is 17.3. The van der Waals surface area contributed by atoms with Gasteiger partial charge in [-0.1, -0.05) is 79.3 Å². The number of thiazole rings is 1. The molecule has 0 bridgehead atoms. The summed E-state index contributed by atoms with van der Waals surface area (Å²) in [4.78, 5) is 56.1. The smallest absolute Gasteiger partial charge is 0.293 e. The van der Waals surface area contributed by atoms with Crippen molar-refractivity contribution in [3.8, 4) is 0 Å². The summed E-state index contributed by atoms with van der Waals surface area (Å²) >= 11 is 0.675. The number of amides is 1. The van der Waals surface area contributed by atoms with Gasteiger partial charge in [0, 0.05) is 17.7 Å². The number of non-ortho nitro benzene ring substituents is 1. The number of carbonyl (C=O) groups is 3. The molecule has 1 aromatic heterocycles. The van der Waals surface area contributed by atoms with Gasteiger partial charge in [-0.3, -0.25) is 29.4 Å². The van der Waals surface area contributed by atoms with Crippen molar-refractivity contribution in [2.75, 3.05) is 4.90 Å². The van der Waals surface area contributed by atoms with Crippen molar-refractivity contribution in [1.29, 1.82) is 0 Å². The lowest BCUT2D eigenvalue weighted by atomic mass is 9.85. The number of carbonyl (C=O) groups excluding carboxylic acids is 3. The van der Waals surface area contributed by atoms with Crippen LogP contribution in [0.4, 0.5) is 10.8 Å². The van der Waals surface area contributed by atoms with Crippen molar-refractivity contribution >= 4 is 49.5 Å². The van der Waals surface area contributed by atoms with Crippen molar-refractivity contribution in [1.82, 2.24) is 4.98 Å². The summed E-state index contributed by atoms with van der Waals surface area (Å²) in [5, 5.41) is 10.9. The molecule has 2 unspecified atom stereocenters. The topological polar surface area (TPSA) is 145 Å². The van der Waals surface area contributed by atoms with Crippen LogP contribution >= 0.6 is 11.3 Å². The van der Waals surface area contributed by atoms with Crippen LogP contribution in [0.5, 0.6) is 0 Å². The molecule has 2 heterocycles. The summed E-state index contributed by atoms with van der Waals surface area (Å²) < 4.78 is 26.4. The number of hydrogen-bond donors (Lipinski definition) is 0. The Balaban J connectivity index is 1.58. The van der Waals surface area contributed by atoms with E-state index in [-0.39, 0.29) is 31.4 Å². The Kier molecular flexibility index (Phi) is 7.60. The third-order valence-corrected chi connectivity index (χ3v) is 10.4. The van der Waals surface area contributed by atoms with Gasteiger partial charge in [0.05, 0.1) is 22.1 Å². The number of nitro groups is 1. The molecule has 12 heteroatoms. The van der Waals surface area contributed by atoms with Crippen LogP contribution in [0.3, 0.4) is 0 Å². The molecule has 0 aliphatic carbocycles. The van der Waals surface area contributed by atoms with Gasteiger partial charge in [0.2, 0.25) is 15.6 Å². The molecular weight excluding hydrogens is 578 g/mol. The van der Waals surface area contributed by atoms with E-state index in [9.17, 15) is 32.9 Å². The molecule has 1 amide bonds. The number of hydrogen-bond acceptors (Lipinski definition) is 9. The Morgan fingerprint density at radius 1 is 0.976 bits per heavy atom. The number of benzene rings is 3. The minimum atomic E-state index is -4.15. The Morgan fingerprint density at radius 2 is 1.60 bits per heavy atom. The van der Waals surface area contributed by atoms with E-state index in [1.54, 1.807) is 36.4 Å². The van der Waals surface area contributed by atoms with E-state index in [2.05, 4.69) is 4.98 Å². The SMILES string of the molecule is Cc1ccc(C(=O)C2C(=O)C(=O)N(c3ncc(S(=O)(=O)c4ccc([N+](=O)[O-])cc4)s3)C2c2ccc(C(C)C)cc2)cc1. The zero-order chi connectivity index (χ0) is 30.3. The normalized spacial score (nSPS) is 17.2. The highest BCUT2D eigenvalue weighted by Gasteiger charge is 2.53. The average Bonchev–Trinajstić information content (AvgIpc) is 3.56. The molecule has 42 heavy (non-hydrogen) atoms. The van der Waals surface area contributed by atoms with Gasteiger partial charge in [-0.2, -0.15) is 0 Å². The fourth-order valence-electron chi connectivity index (χ4n) is 4.81. The van der Waals surface area contributed by atoms with Crippen LogP contribution in [0.15, 0.2) is 88.1 Å². The molecule has 0 saturated carbocycles. The van der Waals surface area contributed by atoms with Crippen molar-refractivity contribution in [3.05, 3.63) is 111 Å². The number of nitro benzene ring substituents is 1. The highest BCUT2D eigenvalue weighted by Crippen LogP contribution is 2.44. The predicted octanol–water partition coefficient (Wildman–Crippen LogP) is 5.47. The van der Waals surface area contributed by atoms with Crippen LogP contribution in [0.1, 0.15) is 52.9 Å². The van der Waals surface area contributed by atoms with Crippen molar-refractivity contribution in [2.24, 2.45) is 5.92 Å². The number of ketones is 2. The van der Waals surface area contributed by atoms with Gasteiger partial charge in [-0.15, -0.1) is 0 Å². The Hall–Kier alpha value is -4.55. The second-order valence-electron chi connectivity index (χ2n) is 10.2. The van der Waals surface area contributed by atoms with Gasteiger partial charge in [0.15, 0.2) is 10.9 Å². The van der Waals surface area contributed by atoms with E-state index in [0.717, 1.165) is 46.5 Å². The lowest BCUT2D eigenvalue weighted by Crippen LogP contribution is -2.30. The molecule has 1 saturated heterocycles. The summed E-state index contributed by atoms with van der Waals surface area (Å²) in [7, 11) is -4.15. The molecule has 10 nitrogen and oxygen atoms in total. The maximum absolute atomic E-state index is 13.7. The second-order valence-corrected chi connectivity index (χ2v) is 13.4. The van der Waals surface area contributed by atoms with Crippen LogP contribution < -0.4 is 4.90 Å². The zero-order valence-electron chi connectivity index (χ0n) is 22.8. The largest absolute Gasteiger partial charge is 0.297 e. The fourth-order valence-corrected chi connectivity index (χ4v) is 7.36. The Morgan fingerprint density at radius 3 is 2.17 bits per heavy atom. The summed E-state index contributed by atoms with van der Waals surface area (Å²) in [5.74, 6) is -3.55. The van der Waals surface area contributed by atoms with Crippen LogP contribution in [0, 0.1) is 23.0 Å². The van der Waals surface area contributed by atoms with Crippen LogP contribution in [-0.4, -0.2) is 35.8 Å². The lowest BCUT2D eigenvalue weighted by molar-refractivity contribution is -0.384. The number of anilines is 1. The average molecular weight is 604 g/mol. The molecule has 2 atom stereocenters. The van der Waals surface area contributed by atoms with E-state index < -0.39 is 44.2 Å². The number of rotatable bonds is 8. The quantitative estimate of drug-likeness (QED) is 0.0847. The van der Waals surface area contributed by atoms with E-state index in [0.29, 0.717) is 16.9 Å². The van der Waals surface area contributed by atoms with Crippen LogP contribution in [0.2, 0.25) is 0 Å². The van der Waals surface area contributed by atoms with Crippen LogP contribution in [0.25, 0.3) is 0 Å². The standard InChI is InChI=1S/C30H25N3O7S2/c1-17(2)19-8-10-20(11-9-19)26-25(27(34)21-6-4-18(3)5-7-21)28(35)29(36)32(26)30-31-16-24(41-30)42(39,40)23-14-12-22(13-15-23)33(37)38/h4-17,25-26H,1-3H3. The minimum Gasteiger partial charge on any atom is -0.293 e. The predicted molar refractivity (Wildman–Crippen MR) is 155 cm³/mol. The summed E-state index contributed by atoms with van der Waals surface area (Å²) in [5.41, 5.74) is 2.48. The maximum atomic E-state index is 13.7. The fraction of sp³-hybridized carbons (Fsp3) is 0.200. The molecule has 1 fully saturated rings. The Labute approximate surface area is 245 Å². The lowest BCUT2D eigenvalue weighted by Gasteiger charge is -2.25. The van der Waals surface area contributed by atoms with E-state index >= 15 is 0 Å². The first-order valence-electron chi connectivity index (χ1n) is 12.9. The molecular formula is C30H25N3O7S2. The summed E-state index contributed by atoms with van der Waals surface area (Å²) in [6.07, 6.45) is 1.07. The molecule has 1 aliphatic rings. The molecule has 214 valence electrons. The highest BCUT2D eigenvalue weighted by atomic mass is 32.2. The van der Waals surface area contributed by atoms with E-state index in [4.69, 9.17) is 0 Å². The summed E-state index contributed by atoms with van der Waals surface area (Å²) in [6.45, 7) is 5.91. The Bertz CT molecular complexity index is 1810. The third-order valence-electron chi connectivity index (χ3n) is 7.17. The third kappa shape index (κ3) is 5.14. The molecule has 0 radical (unpaired) electrons. The molecule has 3 aromatic carbocycles. The van der Waals surface area contributed by atoms with E-state index in [1.807, 2.05) is 32.9 Å². The van der Waals surface area contributed by atoms with Gasteiger partial charge in [-0.25, -0.2) is 13.4 Å². The second kappa shape index (κ2) is 11.0.